The molecule has 1 N–H and O–H groups in total. The van der Waals surface area contributed by atoms with Crippen molar-refractivity contribution in [2.24, 2.45) is 7.05 Å². The smallest absolute Gasteiger partial charge is 0.247 e. The van der Waals surface area contributed by atoms with Gasteiger partial charge in [0, 0.05) is 13.5 Å². The molecule has 1 aliphatic rings. The Morgan fingerprint density at radius 2 is 2.12 bits per heavy atom. The van der Waals surface area contributed by atoms with Crippen molar-refractivity contribution in [2.45, 2.75) is 46.2 Å². The number of amides is 2. The van der Waals surface area contributed by atoms with E-state index in [4.69, 9.17) is 4.42 Å². The zero-order chi connectivity index (χ0) is 17.4. The molecule has 3 rings (SSSR count). The van der Waals surface area contributed by atoms with Crippen LogP contribution in [0.25, 0.3) is 0 Å². The second kappa shape index (κ2) is 6.14. The maximum atomic E-state index is 12.7. The maximum Gasteiger partial charge on any atom is 0.247 e. The molecule has 1 saturated heterocycles. The average Bonchev–Trinajstić information content (AvgIpc) is 3.16. The third-order valence-corrected chi connectivity index (χ3v) is 4.51. The van der Waals surface area contributed by atoms with Crippen molar-refractivity contribution in [1.29, 1.82) is 0 Å². The van der Waals surface area contributed by atoms with Gasteiger partial charge in [-0.2, -0.15) is 5.10 Å². The van der Waals surface area contributed by atoms with Gasteiger partial charge in [0.2, 0.25) is 11.8 Å². The van der Waals surface area contributed by atoms with Crippen molar-refractivity contribution in [3.05, 3.63) is 35.0 Å². The molecular formula is C17H22N4O3. The zero-order valence-corrected chi connectivity index (χ0v) is 14.4. The molecule has 1 fully saturated rings. The second-order valence-corrected chi connectivity index (χ2v) is 6.25. The van der Waals surface area contributed by atoms with Crippen LogP contribution in [0.4, 0.5) is 5.69 Å². The lowest BCUT2D eigenvalue weighted by Crippen LogP contribution is -2.41. The van der Waals surface area contributed by atoms with Crippen LogP contribution in [0.3, 0.4) is 0 Å². The number of carbonyl (C=O) groups is 2. The summed E-state index contributed by atoms with van der Waals surface area (Å²) >= 11 is 0. The van der Waals surface area contributed by atoms with Crippen molar-refractivity contribution in [3.63, 3.8) is 0 Å². The van der Waals surface area contributed by atoms with E-state index in [1.165, 1.54) is 0 Å². The number of hydrogen-bond donors (Lipinski definition) is 1. The van der Waals surface area contributed by atoms with E-state index in [9.17, 15) is 9.59 Å². The summed E-state index contributed by atoms with van der Waals surface area (Å²) in [5, 5.41) is 7.24. The highest BCUT2D eigenvalue weighted by Gasteiger charge is 2.37. The minimum atomic E-state index is -0.484. The van der Waals surface area contributed by atoms with Crippen LogP contribution in [0.2, 0.25) is 0 Å². The molecule has 7 heteroatoms. The number of aryl methyl sites for hydroxylation is 3. The molecule has 3 heterocycles. The van der Waals surface area contributed by atoms with Crippen molar-refractivity contribution in [3.8, 4) is 0 Å². The van der Waals surface area contributed by atoms with Crippen molar-refractivity contribution in [1.82, 2.24) is 14.7 Å². The molecule has 1 aliphatic heterocycles. The number of nitrogens with zero attached hydrogens (tertiary/aromatic N) is 3. The molecule has 0 radical (unpaired) electrons. The van der Waals surface area contributed by atoms with Crippen LogP contribution in [0.5, 0.6) is 0 Å². The minimum absolute atomic E-state index is 0.0242. The standard InChI is InChI=1S/C17H22N4O3/c1-10-5-6-13(24-10)9-21-14(7-8-15(21)22)17(23)18-16-11(2)19-20(4)12(16)3/h5-6,14H,7-9H2,1-4H3,(H,18,23). The van der Waals surface area contributed by atoms with Gasteiger partial charge in [-0.3, -0.25) is 14.3 Å². The number of likely N-dealkylation sites (tertiary alicyclic amines) is 1. The number of rotatable bonds is 4. The van der Waals surface area contributed by atoms with Crippen molar-refractivity contribution >= 4 is 17.5 Å². The van der Waals surface area contributed by atoms with Crippen LogP contribution in [0.1, 0.15) is 35.7 Å². The van der Waals surface area contributed by atoms with E-state index in [-0.39, 0.29) is 11.8 Å². The maximum absolute atomic E-state index is 12.7. The summed E-state index contributed by atoms with van der Waals surface area (Å²) in [7, 11) is 1.84. The highest BCUT2D eigenvalue weighted by atomic mass is 16.3. The lowest BCUT2D eigenvalue weighted by molar-refractivity contribution is -0.134. The van der Waals surface area contributed by atoms with Crippen molar-refractivity contribution in [2.75, 3.05) is 5.32 Å². The normalized spacial score (nSPS) is 17.6. The van der Waals surface area contributed by atoms with E-state index in [2.05, 4.69) is 10.4 Å². The zero-order valence-electron chi connectivity index (χ0n) is 14.4. The van der Waals surface area contributed by atoms with Crippen LogP contribution in [0.15, 0.2) is 16.5 Å². The van der Waals surface area contributed by atoms with Gasteiger partial charge in [-0.15, -0.1) is 0 Å². The number of hydrogen-bond acceptors (Lipinski definition) is 4. The number of nitrogens with one attached hydrogen (secondary N) is 1. The molecule has 128 valence electrons. The number of anilines is 1. The third-order valence-electron chi connectivity index (χ3n) is 4.51. The molecule has 0 aromatic carbocycles. The fourth-order valence-electron chi connectivity index (χ4n) is 3.10. The van der Waals surface area contributed by atoms with Gasteiger partial charge in [-0.05, 0) is 39.3 Å². The lowest BCUT2D eigenvalue weighted by Gasteiger charge is -2.23. The van der Waals surface area contributed by atoms with Crippen LogP contribution in [-0.4, -0.2) is 32.5 Å². The van der Waals surface area contributed by atoms with Gasteiger partial charge in [0.15, 0.2) is 0 Å². The molecule has 0 spiro atoms. The topological polar surface area (TPSA) is 80.4 Å². The molecule has 2 aromatic heterocycles. The summed E-state index contributed by atoms with van der Waals surface area (Å²) in [6, 6.07) is 3.21. The van der Waals surface area contributed by atoms with E-state index >= 15 is 0 Å². The molecule has 0 aliphatic carbocycles. The molecule has 1 atom stereocenters. The Balaban J connectivity index is 1.76. The van der Waals surface area contributed by atoms with E-state index in [0.717, 1.165) is 22.8 Å². The fraction of sp³-hybridized carbons (Fsp3) is 0.471. The first-order chi connectivity index (χ1) is 11.4. The van der Waals surface area contributed by atoms with Gasteiger partial charge in [-0.25, -0.2) is 0 Å². The monoisotopic (exact) mass is 330 g/mol. The largest absolute Gasteiger partial charge is 0.464 e. The van der Waals surface area contributed by atoms with E-state index in [1.807, 2.05) is 40.0 Å². The van der Waals surface area contributed by atoms with E-state index < -0.39 is 6.04 Å². The lowest BCUT2D eigenvalue weighted by atomic mass is 10.2. The fourth-order valence-corrected chi connectivity index (χ4v) is 3.10. The predicted molar refractivity (Wildman–Crippen MR) is 88.3 cm³/mol. The average molecular weight is 330 g/mol. The first-order valence-corrected chi connectivity index (χ1v) is 8.02. The third kappa shape index (κ3) is 2.93. The van der Waals surface area contributed by atoms with Gasteiger partial charge < -0.3 is 14.6 Å². The highest BCUT2D eigenvalue weighted by Crippen LogP contribution is 2.25. The van der Waals surface area contributed by atoms with Gasteiger partial charge in [0.25, 0.3) is 0 Å². The van der Waals surface area contributed by atoms with Crippen LogP contribution >= 0.6 is 0 Å². The molecule has 1 unspecified atom stereocenters. The Kier molecular flexibility index (Phi) is 4.17. The van der Waals surface area contributed by atoms with Gasteiger partial charge in [-0.1, -0.05) is 0 Å². The Hall–Kier alpha value is -2.57. The van der Waals surface area contributed by atoms with Crippen molar-refractivity contribution < 1.29 is 14.0 Å². The molecule has 2 amide bonds. The molecule has 2 aromatic rings. The summed E-state index contributed by atoms with van der Waals surface area (Å²) in [5.74, 6) is 1.28. The van der Waals surface area contributed by atoms with Crippen LogP contribution in [-0.2, 0) is 23.2 Å². The Bertz CT molecular complexity index is 790. The van der Waals surface area contributed by atoms with Crippen LogP contribution in [0, 0.1) is 20.8 Å². The van der Waals surface area contributed by atoms with Gasteiger partial charge in [0.1, 0.15) is 17.6 Å². The number of carbonyl (C=O) groups excluding carboxylic acids is 2. The Labute approximate surface area is 140 Å². The Morgan fingerprint density at radius 3 is 2.71 bits per heavy atom. The molecule has 0 bridgehead atoms. The summed E-state index contributed by atoms with van der Waals surface area (Å²) in [6.07, 6.45) is 0.894. The minimum Gasteiger partial charge on any atom is -0.464 e. The molecule has 0 saturated carbocycles. The summed E-state index contributed by atoms with van der Waals surface area (Å²) in [6.45, 7) is 5.92. The summed E-state index contributed by atoms with van der Waals surface area (Å²) in [4.78, 5) is 26.5. The van der Waals surface area contributed by atoms with E-state index in [0.29, 0.717) is 25.1 Å². The quantitative estimate of drug-likeness (QED) is 0.930. The van der Waals surface area contributed by atoms with E-state index in [1.54, 1.807) is 9.58 Å². The van der Waals surface area contributed by atoms with Gasteiger partial charge >= 0.3 is 0 Å². The second-order valence-electron chi connectivity index (χ2n) is 6.25. The SMILES string of the molecule is Cc1ccc(CN2C(=O)CCC2C(=O)Nc2c(C)nn(C)c2C)o1. The van der Waals surface area contributed by atoms with Crippen LogP contribution < -0.4 is 5.32 Å². The molecule has 7 nitrogen and oxygen atoms in total. The first kappa shape index (κ1) is 16.3. The predicted octanol–water partition coefficient (Wildman–Crippen LogP) is 2.07. The summed E-state index contributed by atoms with van der Waals surface area (Å²) < 4.78 is 7.27. The summed E-state index contributed by atoms with van der Waals surface area (Å²) in [5.41, 5.74) is 2.37. The molecular weight excluding hydrogens is 308 g/mol. The van der Waals surface area contributed by atoms with Gasteiger partial charge in [0.05, 0.1) is 23.6 Å². The number of aromatic nitrogens is 2. The first-order valence-electron chi connectivity index (χ1n) is 8.02. The number of furan rings is 1. The Morgan fingerprint density at radius 1 is 1.38 bits per heavy atom. The highest BCUT2D eigenvalue weighted by molar-refractivity contribution is 5.99. The molecule has 24 heavy (non-hydrogen) atoms.